The van der Waals surface area contributed by atoms with Gasteiger partial charge in [0.1, 0.15) is 4.88 Å². The van der Waals surface area contributed by atoms with E-state index in [0.29, 0.717) is 0 Å². The van der Waals surface area contributed by atoms with E-state index in [1.54, 1.807) is 0 Å². The third-order valence-corrected chi connectivity index (χ3v) is 2.46. The van der Waals surface area contributed by atoms with Gasteiger partial charge in [-0.25, -0.2) is 4.39 Å². The van der Waals surface area contributed by atoms with Crippen molar-refractivity contribution in [3.63, 3.8) is 0 Å². The molecular formula is C8H5F3O2S. The fourth-order valence-electron chi connectivity index (χ4n) is 0.798. The Hall–Kier alpha value is -1.17. The van der Waals surface area contributed by atoms with Crippen LogP contribution >= 0.6 is 11.3 Å². The van der Waals surface area contributed by atoms with E-state index in [9.17, 15) is 22.8 Å². The molecule has 6 heteroatoms. The highest BCUT2D eigenvalue weighted by Crippen LogP contribution is 2.24. The van der Waals surface area contributed by atoms with Crippen LogP contribution in [-0.4, -0.2) is 11.6 Å². The third-order valence-electron chi connectivity index (χ3n) is 1.54. The quantitative estimate of drug-likeness (QED) is 0.581. The molecule has 76 valence electrons. The fourth-order valence-corrected chi connectivity index (χ4v) is 1.54. The predicted molar refractivity (Wildman–Crippen MR) is 43.8 cm³/mol. The summed E-state index contributed by atoms with van der Waals surface area (Å²) in [5.74, 6) is -5.34. The van der Waals surface area contributed by atoms with Crippen molar-refractivity contribution >= 4 is 22.9 Å². The van der Waals surface area contributed by atoms with Crippen LogP contribution in [0.25, 0.3) is 0 Å². The molecule has 14 heavy (non-hydrogen) atoms. The molecule has 0 saturated heterocycles. The molecule has 0 aliphatic heterocycles. The van der Waals surface area contributed by atoms with Gasteiger partial charge < -0.3 is 0 Å². The van der Waals surface area contributed by atoms with Gasteiger partial charge in [-0.2, -0.15) is 8.78 Å². The molecule has 0 radical (unpaired) electrons. The summed E-state index contributed by atoms with van der Waals surface area (Å²) in [4.78, 5) is 21.1. The lowest BCUT2D eigenvalue weighted by Crippen LogP contribution is -2.12. The minimum Gasteiger partial charge on any atom is -0.290 e. The zero-order valence-corrected chi connectivity index (χ0v) is 7.88. The van der Waals surface area contributed by atoms with Gasteiger partial charge in [0.25, 0.3) is 0 Å². The van der Waals surface area contributed by atoms with Gasteiger partial charge in [-0.05, 0) is 0 Å². The molecule has 1 aromatic heterocycles. The molecule has 1 heterocycles. The van der Waals surface area contributed by atoms with Crippen LogP contribution in [0.15, 0.2) is 0 Å². The lowest BCUT2D eigenvalue weighted by Gasteiger charge is -1.92. The van der Waals surface area contributed by atoms with E-state index in [0.717, 1.165) is 0 Å². The summed E-state index contributed by atoms with van der Waals surface area (Å²) in [5.41, 5.74) is 0. The van der Waals surface area contributed by atoms with Crippen molar-refractivity contribution in [2.24, 2.45) is 0 Å². The SMILES string of the molecule is CCC(=O)C(=O)c1sc(F)c(F)c1F. The lowest BCUT2D eigenvalue weighted by molar-refractivity contribution is -0.114. The average Bonchev–Trinajstić information content (AvgIpc) is 2.43. The summed E-state index contributed by atoms with van der Waals surface area (Å²) >= 11 is 0.00574. The summed E-state index contributed by atoms with van der Waals surface area (Å²) in [6, 6.07) is 0. The Bertz CT molecular complexity index is 398. The maximum absolute atomic E-state index is 12.8. The summed E-state index contributed by atoms with van der Waals surface area (Å²) in [7, 11) is 0. The molecule has 0 spiro atoms. The number of carbonyl (C=O) groups is 2. The monoisotopic (exact) mass is 222 g/mol. The molecule has 1 aromatic rings. The van der Waals surface area contributed by atoms with E-state index in [-0.39, 0.29) is 17.8 Å². The van der Waals surface area contributed by atoms with Crippen LogP contribution in [0.3, 0.4) is 0 Å². The first-order valence-electron chi connectivity index (χ1n) is 3.69. The summed E-state index contributed by atoms with van der Waals surface area (Å²) < 4.78 is 37.7. The number of carbonyl (C=O) groups excluding carboxylic acids is 2. The van der Waals surface area contributed by atoms with E-state index in [1.165, 1.54) is 6.92 Å². The van der Waals surface area contributed by atoms with Gasteiger partial charge in [0, 0.05) is 6.42 Å². The van der Waals surface area contributed by atoms with E-state index < -0.39 is 33.2 Å². The number of ketones is 2. The van der Waals surface area contributed by atoms with Crippen molar-refractivity contribution in [1.82, 2.24) is 0 Å². The van der Waals surface area contributed by atoms with Gasteiger partial charge in [0.15, 0.2) is 5.82 Å². The number of hydrogen-bond acceptors (Lipinski definition) is 3. The van der Waals surface area contributed by atoms with E-state index >= 15 is 0 Å². The molecule has 0 saturated carbocycles. The Labute approximate surface area is 81.4 Å². The minimum absolute atomic E-state index is 0.00574. The predicted octanol–water partition coefficient (Wildman–Crippen LogP) is 2.33. The number of thiophene rings is 1. The Kier molecular flexibility index (Phi) is 3.05. The smallest absolute Gasteiger partial charge is 0.241 e. The van der Waals surface area contributed by atoms with Crippen LogP contribution in [-0.2, 0) is 4.79 Å². The Morgan fingerprint density at radius 2 is 1.79 bits per heavy atom. The van der Waals surface area contributed by atoms with Crippen LogP contribution in [0, 0.1) is 16.8 Å². The van der Waals surface area contributed by atoms with Crippen molar-refractivity contribution in [1.29, 1.82) is 0 Å². The second-order valence-electron chi connectivity index (χ2n) is 2.44. The molecule has 0 bridgehead atoms. The maximum atomic E-state index is 12.8. The minimum atomic E-state index is -1.71. The first-order chi connectivity index (χ1) is 6.49. The van der Waals surface area contributed by atoms with Gasteiger partial charge in [-0.3, -0.25) is 9.59 Å². The van der Waals surface area contributed by atoms with Crippen molar-refractivity contribution < 1.29 is 22.8 Å². The van der Waals surface area contributed by atoms with Crippen LogP contribution in [0.4, 0.5) is 13.2 Å². The molecule has 0 unspecified atom stereocenters. The van der Waals surface area contributed by atoms with Crippen molar-refractivity contribution in [3.05, 3.63) is 21.6 Å². The standard InChI is InChI=1S/C8H5F3O2S/c1-2-3(12)6(13)7-4(9)5(10)8(11)14-7/h2H2,1H3. The molecular weight excluding hydrogens is 217 g/mol. The molecule has 0 fully saturated rings. The Balaban J connectivity index is 3.14. The summed E-state index contributed by atoms with van der Waals surface area (Å²) in [5, 5.41) is -1.42. The van der Waals surface area contributed by atoms with Crippen LogP contribution in [0.5, 0.6) is 0 Å². The second-order valence-corrected chi connectivity index (χ2v) is 3.41. The molecule has 0 atom stereocenters. The highest BCUT2D eigenvalue weighted by atomic mass is 32.1. The zero-order valence-electron chi connectivity index (χ0n) is 7.07. The molecule has 0 aromatic carbocycles. The van der Waals surface area contributed by atoms with Gasteiger partial charge in [-0.15, -0.1) is 0 Å². The Morgan fingerprint density at radius 1 is 1.21 bits per heavy atom. The van der Waals surface area contributed by atoms with Crippen molar-refractivity contribution in [3.8, 4) is 0 Å². The number of halogens is 3. The summed E-state index contributed by atoms with van der Waals surface area (Å²) in [6.07, 6.45) is -0.126. The van der Waals surface area contributed by atoms with Crippen LogP contribution < -0.4 is 0 Å². The van der Waals surface area contributed by atoms with E-state index in [1.807, 2.05) is 0 Å². The first kappa shape index (κ1) is 10.9. The van der Waals surface area contributed by atoms with Gasteiger partial charge in [-0.1, -0.05) is 18.3 Å². The van der Waals surface area contributed by atoms with Crippen LogP contribution in [0.2, 0.25) is 0 Å². The molecule has 0 aliphatic carbocycles. The van der Waals surface area contributed by atoms with Crippen LogP contribution in [0.1, 0.15) is 23.0 Å². The number of hydrogen-bond donors (Lipinski definition) is 0. The average molecular weight is 222 g/mol. The number of Topliss-reactive ketones (excluding diaryl/α,β-unsaturated/α-hetero) is 2. The molecule has 2 nitrogen and oxygen atoms in total. The Morgan fingerprint density at radius 3 is 2.14 bits per heavy atom. The van der Waals surface area contributed by atoms with E-state index in [2.05, 4.69) is 0 Å². The molecule has 0 N–H and O–H groups in total. The van der Waals surface area contributed by atoms with Gasteiger partial charge in [0.05, 0.1) is 0 Å². The zero-order chi connectivity index (χ0) is 10.9. The molecule has 0 amide bonds. The topological polar surface area (TPSA) is 34.1 Å². The highest BCUT2D eigenvalue weighted by molar-refractivity contribution is 7.13. The number of rotatable bonds is 3. The fraction of sp³-hybridized carbons (Fsp3) is 0.250. The van der Waals surface area contributed by atoms with Crippen molar-refractivity contribution in [2.75, 3.05) is 0 Å². The first-order valence-corrected chi connectivity index (χ1v) is 4.51. The summed E-state index contributed by atoms with van der Waals surface area (Å²) in [6.45, 7) is 1.40. The van der Waals surface area contributed by atoms with Gasteiger partial charge in [0.2, 0.25) is 22.5 Å². The van der Waals surface area contributed by atoms with Gasteiger partial charge >= 0.3 is 0 Å². The molecule has 1 rings (SSSR count). The molecule has 0 aliphatic rings. The maximum Gasteiger partial charge on any atom is 0.241 e. The lowest BCUT2D eigenvalue weighted by atomic mass is 10.2. The van der Waals surface area contributed by atoms with Crippen molar-refractivity contribution in [2.45, 2.75) is 13.3 Å². The second kappa shape index (κ2) is 3.91. The largest absolute Gasteiger partial charge is 0.290 e. The normalized spacial score (nSPS) is 10.3. The highest BCUT2D eigenvalue weighted by Gasteiger charge is 2.26. The third kappa shape index (κ3) is 1.70. The van der Waals surface area contributed by atoms with E-state index in [4.69, 9.17) is 0 Å².